The summed E-state index contributed by atoms with van der Waals surface area (Å²) in [5.41, 5.74) is 3.50. The summed E-state index contributed by atoms with van der Waals surface area (Å²) in [6, 6.07) is 20.1. The van der Waals surface area contributed by atoms with Crippen LogP contribution in [0.5, 0.6) is 5.75 Å². The Hall–Kier alpha value is -3.52. The maximum absolute atomic E-state index is 13.2. The maximum atomic E-state index is 13.2. The lowest BCUT2D eigenvalue weighted by atomic mass is 9.87. The van der Waals surface area contributed by atoms with E-state index < -0.39 is 0 Å². The van der Waals surface area contributed by atoms with Gasteiger partial charge in [0.2, 0.25) is 5.91 Å². The van der Waals surface area contributed by atoms with Gasteiger partial charge in [0.25, 0.3) is 0 Å². The van der Waals surface area contributed by atoms with Gasteiger partial charge in [-0.2, -0.15) is 0 Å². The zero-order valence-corrected chi connectivity index (χ0v) is 20.7. The quantitative estimate of drug-likeness (QED) is 0.317. The number of amides is 1. The van der Waals surface area contributed by atoms with Gasteiger partial charge in [0.15, 0.2) is 11.0 Å². The minimum Gasteiger partial charge on any atom is -0.497 e. The number of aromatic nitrogens is 3. The van der Waals surface area contributed by atoms with Crippen molar-refractivity contribution in [2.45, 2.75) is 37.0 Å². The van der Waals surface area contributed by atoms with Gasteiger partial charge in [-0.3, -0.25) is 9.36 Å². The third-order valence-corrected chi connectivity index (χ3v) is 7.41. The second-order valence-corrected chi connectivity index (χ2v) is 9.55. The van der Waals surface area contributed by atoms with Crippen LogP contribution in [0.1, 0.15) is 35.8 Å². The fourth-order valence-corrected chi connectivity index (χ4v) is 5.47. The lowest BCUT2D eigenvalue weighted by Crippen LogP contribution is -2.34. The Bertz CT molecular complexity index is 1300. The van der Waals surface area contributed by atoms with E-state index in [1.54, 1.807) is 13.4 Å². The van der Waals surface area contributed by atoms with Gasteiger partial charge in [0.1, 0.15) is 11.5 Å². The van der Waals surface area contributed by atoms with Gasteiger partial charge in [0, 0.05) is 12.6 Å². The molecule has 8 heteroatoms. The molecular weight excluding hydrogens is 460 g/mol. The van der Waals surface area contributed by atoms with Crippen LogP contribution in [-0.4, -0.2) is 45.5 Å². The molecule has 0 spiro atoms. The van der Waals surface area contributed by atoms with Gasteiger partial charge in [-0.1, -0.05) is 48.2 Å². The molecule has 1 amide bonds. The molecule has 0 fully saturated rings. The number of nitrogens with zero attached hydrogens (tertiary/aromatic N) is 4. The van der Waals surface area contributed by atoms with Crippen molar-refractivity contribution >= 4 is 17.7 Å². The van der Waals surface area contributed by atoms with Crippen LogP contribution in [0.3, 0.4) is 0 Å². The van der Waals surface area contributed by atoms with E-state index in [9.17, 15) is 4.79 Å². The first-order valence-corrected chi connectivity index (χ1v) is 12.7. The molecule has 0 radical (unpaired) electrons. The standard InChI is InChI=1S/C27H28N4O3S/c1-30(24-14-6-9-19-8-3-4-13-23(19)24)25(32)18-35-27-29-28-26(20-10-5-11-21(16-20)33-2)31(27)17-22-12-7-15-34-22/h3-5,7-8,10-13,15-16,24H,6,9,14,17-18H2,1-2H3/t24-/m0/s1. The minimum atomic E-state index is 0.0761. The molecule has 0 N–H and O–H groups in total. The highest BCUT2D eigenvalue weighted by atomic mass is 32.2. The average molecular weight is 489 g/mol. The Morgan fingerprint density at radius 3 is 2.89 bits per heavy atom. The van der Waals surface area contributed by atoms with Crippen LogP contribution in [0.2, 0.25) is 0 Å². The Morgan fingerprint density at radius 1 is 1.17 bits per heavy atom. The van der Waals surface area contributed by atoms with Crippen molar-refractivity contribution in [3.63, 3.8) is 0 Å². The molecule has 2 aromatic heterocycles. The van der Waals surface area contributed by atoms with E-state index in [1.807, 2.05) is 52.9 Å². The van der Waals surface area contributed by atoms with E-state index >= 15 is 0 Å². The number of rotatable bonds is 8. The second kappa shape index (κ2) is 10.4. The molecule has 0 saturated heterocycles. The highest BCUT2D eigenvalue weighted by Crippen LogP contribution is 2.34. The Balaban J connectivity index is 1.36. The first-order chi connectivity index (χ1) is 17.1. The van der Waals surface area contributed by atoms with Gasteiger partial charge in [-0.05, 0) is 54.7 Å². The number of aryl methyl sites for hydroxylation is 1. The van der Waals surface area contributed by atoms with Crippen LogP contribution < -0.4 is 4.74 Å². The number of carbonyl (C=O) groups excluding carboxylic acids is 1. The first-order valence-electron chi connectivity index (χ1n) is 11.7. The monoisotopic (exact) mass is 488 g/mol. The Labute approximate surface area is 209 Å². The number of methoxy groups -OCH3 is 1. The number of benzene rings is 2. The number of hydrogen-bond acceptors (Lipinski definition) is 6. The predicted octanol–water partition coefficient (Wildman–Crippen LogP) is 5.22. The molecule has 7 nitrogen and oxygen atoms in total. The fraction of sp³-hybridized carbons (Fsp3) is 0.296. The summed E-state index contributed by atoms with van der Waals surface area (Å²) in [6.45, 7) is 0.467. The molecule has 1 aliphatic carbocycles. The second-order valence-electron chi connectivity index (χ2n) is 8.60. The van der Waals surface area contributed by atoms with E-state index in [-0.39, 0.29) is 17.7 Å². The summed E-state index contributed by atoms with van der Waals surface area (Å²) < 4.78 is 13.0. The number of ether oxygens (including phenoxy) is 1. The summed E-state index contributed by atoms with van der Waals surface area (Å²) in [4.78, 5) is 15.1. The number of furan rings is 1. The van der Waals surface area contributed by atoms with Crippen molar-refractivity contribution in [2.24, 2.45) is 0 Å². The number of fused-ring (bicyclic) bond motifs is 1. The zero-order chi connectivity index (χ0) is 24.2. The van der Waals surface area contributed by atoms with Crippen LogP contribution in [0.4, 0.5) is 0 Å². The summed E-state index contributed by atoms with van der Waals surface area (Å²) in [7, 11) is 3.55. The van der Waals surface area contributed by atoms with E-state index in [2.05, 4.69) is 34.5 Å². The largest absolute Gasteiger partial charge is 0.497 e. The van der Waals surface area contributed by atoms with Crippen molar-refractivity contribution in [3.05, 3.63) is 83.8 Å². The normalized spacial score (nSPS) is 15.0. The molecule has 1 aliphatic rings. The lowest BCUT2D eigenvalue weighted by Gasteiger charge is -2.33. The summed E-state index contributed by atoms with van der Waals surface area (Å²) in [5, 5.41) is 9.56. The molecular formula is C27H28N4O3S. The molecule has 0 bridgehead atoms. The van der Waals surface area contributed by atoms with Crippen molar-refractivity contribution in [1.82, 2.24) is 19.7 Å². The van der Waals surface area contributed by atoms with E-state index in [0.717, 1.165) is 36.3 Å². The molecule has 0 unspecified atom stereocenters. The SMILES string of the molecule is COc1cccc(-c2nnc(SCC(=O)N(C)[C@H]3CCCc4ccccc43)n2Cc2ccco2)c1. The maximum Gasteiger partial charge on any atom is 0.233 e. The predicted molar refractivity (Wildman–Crippen MR) is 135 cm³/mol. The molecule has 2 aromatic carbocycles. The smallest absolute Gasteiger partial charge is 0.233 e. The minimum absolute atomic E-state index is 0.0761. The number of thioether (sulfide) groups is 1. The van der Waals surface area contributed by atoms with E-state index in [1.165, 1.54) is 22.9 Å². The van der Waals surface area contributed by atoms with Crippen molar-refractivity contribution in [1.29, 1.82) is 0 Å². The summed E-state index contributed by atoms with van der Waals surface area (Å²) in [6.07, 6.45) is 4.80. The molecule has 180 valence electrons. The van der Waals surface area contributed by atoms with Crippen LogP contribution in [0, 0.1) is 0 Å². The first kappa shape index (κ1) is 23.2. The molecule has 4 aromatic rings. The van der Waals surface area contributed by atoms with Crippen LogP contribution in [0.15, 0.2) is 76.5 Å². The number of hydrogen-bond donors (Lipinski definition) is 0. The molecule has 0 aliphatic heterocycles. The van der Waals surface area contributed by atoms with Gasteiger partial charge < -0.3 is 14.1 Å². The third kappa shape index (κ3) is 4.98. The fourth-order valence-electron chi connectivity index (χ4n) is 4.60. The van der Waals surface area contributed by atoms with Crippen molar-refractivity contribution < 1.29 is 13.9 Å². The highest BCUT2D eigenvalue weighted by Gasteiger charge is 2.27. The molecule has 1 atom stereocenters. The molecule has 5 rings (SSSR count). The van der Waals surface area contributed by atoms with E-state index in [0.29, 0.717) is 17.5 Å². The highest BCUT2D eigenvalue weighted by molar-refractivity contribution is 7.99. The van der Waals surface area contributed by atoms with Crippen LogP contribution in [-0.2, 0) is 17.8 Å². The van der Waals surface area contributed by atoms with Gasteiger partial charge in [0.05, 0.1) is 31.7 Å². The van der Waals surface area contributed by atoms with Crippen LogP contribution in [0.25, 0.3) is 11.4 Å². The van der Waals surface area contributed by atoms with Gasteiger partial charge in [-0.25, -0.2) is 0 Å². The molecule has 0 saturated carbocycles. The van der Waals surface area contributed by atoms with Gasteiger partial charge in [-0.15, -0.1) is 10.2 Å². The zero-order valence-electron chi connectivity index (χ0n) is 19.9. The Kier molecular flexibility index (Phi) is 6.90. The number of carbonyl (C=O) groups is 1. The topological polar surface area (TPSA) is 73.4 Å². The van der Waals surface area contributed by atoms with Gasteiger partial charge >= 0.3 is 0 Å². The summed E-state index contributed by atoms with van der Waals surface area (Å²) >= 11 is 1.40. The average Bonchev–Trinajstić information content (AvgIpc) is 3.57. The lowest BCUT2D eigenvalue weighted by molar-refractivity contribution is -0.129. The Morgan fingerprint density at radius 2 is 2.06 bits per heavy atom. The van der Waals surface area contributed by atoms with Crippen molar-refractivity contribution in [2.75, 3.05) is 19.9 Å². The van der Waals surface area contributed by atoms with E-state index in [4.69, 9.17) is 9.15 Å². The van der Waals surface area contributed by atoms with Crippen LogP contribution >= 0.6 is 11.8 Å². The molecule has 35 heavy (non-hydrogen) atoms. The van der Waals surface area contributed by atoms with Crippen molar-refractivity contribution in [3.8, 4) is 17.1 Å². The third-order valence-electron chi connectivity index (χ3n) is 6.46. The summed E-state index contributed by atoms with van der Waals surface area (Å²) in [5.74, 6) is 2.59. The molecule has 2 heterocycles.